The van der Waals surface area contributed by atoms with E-state index in [0.29, 0.717) is 5.84 Å². The normalized spacial score (nSPS) is 11.8. The van der Waals surface area contributed by atoms with Crippen molar-refractivity contribution < 1.29 is 4.42 Å². The van der Waals surface area contributed by atoms with Crippen LogP contribution >= 0.6 is 11.6 Å². The van der Waals surface area contributed by atoms with E-state index in [1.807, 2.05) is 43.3 Å². The molecule has 4 heteroatoms. The van der Waals surface area contributed by atoms with Gasteiger partial charge in [-0.05, 0) is 31.2 Å². The fourth-order valence-corrected chi connectivity index (χ4v) is 1.60. The minimum atomic E-state index is 0.214. The van der Waals surface area contributed by atoms with Crippen LogP contribution in [0.2, 0.25) is 0 Å². The number of para-hydroxylation sites is 1. The van der Waals surface area contributed by atoms with E-state index in [4.69, 9.17) is 21.8 Å². The van der Waals surface area contributed by atoms with E-state index >= 15 is 0 Å². The van der Waals surface area contributed by atoms with E-state index in [1.54, 1.807) is 0 Å². The maximum Gasteiger partial charge on any atom is 0.136 e. The zero-order chi connectivity index (χ0) is 12.3. The van der Waals surface area contributed by atoms with Crippen LogP contribution in [0.5, 0.6) is 0 Å². The largest absolute Gasteiger partial charge is 0.461 e. The molecule has 2 N–H and O–H groups in total. The molecule has 0 aliphatic carbocycles. The fraction of sp³-hybridized carbons (Fsp3) is 0.154. The number of hydrogen-bond acceptors (Lipinski definition) is 2. The molecule has 0 aliphatic rings. The molecule has 0 bridgehead atoms. The van der Waals surface area contributed by atoms with E-state index in [-0.39, 0.29) is 5.88 Å². The Morgan fingerprint density at radius 1 is 1.29 bits per heavy atom. The Morgan fingerprint density at radius 3 is 2.71 bits per heavy atom. The number of nitrogens with zero attached hydrogens (tertiary/aromatic N) is 1. The molecule has 0 fully saturated rings. The number of amidine groups is 1. The number of furan rings is 1. The second-order valence-electron chi connectivity index (χ2n) is 3.66. The summed E-state index contributed by atoms with van der Waals surface area (Å²) in [6.45, 7) is 1.91. The van der Waals surface area contributed by atoms with E-state index in [9.17, 15) is 0 Å². The lowest BCUT2D eigenvalue weighted by atomic mass is 10.1. The summed E-state index contributed by atoms with van der Waals surface area (Å²) in [5.74, 6) is 2.25. The predicted molar refractivity (Wildman–Crippen MR) is 70.9 cm³/mol. The van der Waals surface area contributed by atoms with Gasteiger partial charge in [0, 0.05) is 5.56 Å². The fourth-order valence-electron chi connectivity index (χ4n) is 1.54. The van der Waals surface area contributed by atoms with Crippen LogP contribution in [0.1, 0.15) is 5.76 Å². The maximum atomic E-state index is 5.64. The number of alkyl halides is 1. The third-order valence-corrected chi connectivity index (χ3v) is 2.58. The number of aryl methyl sites for hydroxylation is 1. The van der Waals surface area contributed by atoms with E-state index < -0.39 is 0 Å². The molecule has 88 valence electrons. The molecule has 2 aromatic rings. The zero-order valence-corrected chi connectivity index (χ0v) is 10.2. The van der Waals surface area contributed by atoms with Crippen LogP contribution in [0.4, 0.5) is 5.69 Å². The highest BCUT2D eigenvalue weighted by Gasteiger charge is 2.07. The smallest absolute Gasteiger partial charge is 0.136 e. The lowest BCUT2D eigenvalue weighted by molar-refractivity contribution is 0.548. The minimum absolute atomic E-state index is 0.214. The van der Waals surface area contributed by atoms with Crippen LogP contribution in [0.3, 0.4) is 0 Å². The quantitative estimate of drug-likeness (QED) is 0.514. The van der Waals surface area contributed by atoms with Crippen molar-refractivity contribution in [2.45, 2.75) is 6.92 Å². The SMILES string of the molecule is Cc1ccc(-c2ccccc2N=C(N)CCl)o1. The van der Waals surface area contributed by atoms with Gasteiger partial charge in [-0.3, -0.25) is 0 Å². The summed E-state index contributed by atoms with van der Waals surface area (Å²) >= 11 is 5.63. The molecule has 0 saturated heterocycles. The highest BCUT2D eigenvalue weighted by Crippen LogP contribution is 2.31. The van der Waals surface area contributed by atoms with Gasteiger partial charge < -0.3 is 10.2 Å². The van der Waals surface area contributed by atoms with Gasteiger partial charge in [-0.15, -0.1) is 11.6 Å². The molecular weight excluding hydrogens is 236 g/mol. The van der Waals surface area contributed by atoms with Crippen molar-refractivity contribution in [3.8, 4) is 11.3 Å². The summed E-state index contributed by atoms with van der Waals surface area (Å²) in [4.78, 5) is 4.27. The van der Waals surface area contributed by atoms with Gasteiger partial charge in [0.25, 0.3) is 0 Å². The first kappa shape index (κ1) is 11.7. The number of hydrogen-bond donors (Lipinski definition) is 1. The molecule has 1 aromatic carbocycles. The lowest BCUT2D eigenvalue weighted by Gasteiger charge is -2.03. The lowest BCUT2D eigenvalue weighted by Crippen LogP contribution is -2.12. The van der Waals surface area contributed by atoms with Crippen molar-refractivity contribution in [1.82, 2.24) is 0 Å². The van der Waals surface area contributed by atoms with Crippen LogP contribution in [0.15, 0.2) is 45.8 Å². The molecule has 3 nitrogen and oxygen atoms in total. The first-order chi connectivity index (χ1) is 8.20. The van der Waals surface area contributed by atoms with E-state index in [1.165, 1.54) is 0 Å². The topological polar surface area (TPSA) is 51.5 Å². The van der Waals surface area contributed by atoms with Crippen LogP contribution < -0.4 is 5.73 Å². The average molecular weight is 249 g/mol. The number of halogens is 1. The summed E-state index contributed by atoms with van der Waals surface area (Å²) in [5, 5.41) is 0. The molecule has 17 heavy (non-hydrogen) atoms. The number of aliphatic imine (C=N–C) groups is 1. The van der Waals surface area contributed by atoms with Gasteiger partial charge in [-0.2, -0.15) is 0 Å². The zero-order valence-electron chi connectivity index (χ0n) is 9.48. The van der Waals surface area contributed by atoms with Gasteiger partial charge in [-0.25, -0.2) is 4.99 Å². The first-order valence-corrected chi connectivity index (χ1v) is 5.79. The van der Waals surface area contributed by atoms with Crippen molar-refractivity contribution in [2.75, 3.05) is 5.88 Å². The summed E-state index contributed by atoms with van der Waals surface area (Å²) in [6, 6.07) is 11.5. The molecule has 2 rings (SSSR count). The van der Waals surface area contributed by atoms with Gasteiger partial charge in [0.2, 0.25) is 0 Å². The average Bonchev–Trinajstić information content (AvgIpc) is 2.76. The first-order valence-electron chi connectivity index (χ1n) is 5.25. The molecule has 0 atom stereocenters. The van der Waals surface area contributed by atoms with E-state index in [2.05, 4.69) is 4.99 Å². The summed E-state index contributed by atoms with van der Waals surface area (Å²) in [7, 11) is 0. The Kier molecular flexibility index (Phi) is 3.49. The monoisotopic (exact) mass is 248 g/mol. The number of benzene rings is 1. The molecule has 0 spiro atoms. The Hall–Kier alpha value is -1.74. The van der Waals surface area contributed by atoms with Gasteiger partial charge in [0.1, 0.15) is 17.4 Å². The molecule has 0 radical (unpaired) electrons. The Labute approximate surface area is 105 Å². The molecule has 0 saturated carbocycles. The highest BCUT2D eigenvalue weighted by molar-refractivity contribution is 6.28. The second kappa shape index (κ2) is 5.06. The van der Waals surface area contributed by atoms with Crippen LogP contribution in [0, 0.1) is 6.92 Å². The predicted octanol–water partition coefficient (Wildman–Crippen LogP) is 3.48. The van der Waals surface area contributed by atoms with Gasteiger partial charge in [-0.1, -0.05) is 12.1 Å². The number of nitrogens with two attached hydrogens (primary N) is 1. The third kappa shape index (κ3) is 2.68. The summed E-state index contributed by atoms with van der Waals surface area (Å²) in [6.07, 6.45) is 0. The van der Waals surface area contributed by atoms with Crippen LogP contribution in [-0.4, -0.2) is 11.7 Å². The van der Waals surface area contributed by atoms with Crippen molar-refractivity contribution in [1.29, 1.82) is 0 Å². The van der Waals surface area contributed by atoms with E-state index in [0.717, 1.165) is 22.8 Å². The van der Waals surface area contributed by atoms with Crippen molar-refractivity contribution in [2.24, 2.45) is 10.7 Å². The van der Waals surface area contributed by atoms with Gasteiger partial charge in [0.05, 0.1) is 11.6 Å². The summed E-state index contributed by atoms with van der Waals surface area (Å²) < 4.78 is 5.58. The molecule has 0 amide bonds. The van der Waals surface area contributed by atoms with Gasteiger partial charge >= 0.3 is 0 Å². The van der Waals surface area contributed by atoms with Crippen molar-refractivity contribution in [3.05, 3.63) is 42.2 Å². The second-order valence-corrected chi connectivity index (χ2v) is 3.93. The maximum absolute atomic E-state index is 5.64. The highest BCUT2D eigenvalue weighted by atomic mass is 35.5. The van der Waals surface area contributed by atoms with Crippen LogP contribution in [-0.2, 0) is 0 Å². The van der Waals surface area contributed by atoms with Crippen LogP contribution in [0.25, 0.3) is 11.3 Å². The Bertz CT molecular complexity index is 546. The van der Waals surface area contributed by atoms with Crippen molar-refractivity contribution >= 4 is 23.1 Å². The molecular formula is C13H13ClN2O. The molecule has 1 heterocycles. The molecule has 0 aliphatic heterocycles. The minimum Gasteiger partial charge on any atom is -0.461 e. The summed E-state index contributed by atoms with van der Waals surface area (Å²) in [5.41, 5.74) is 7.32. The number of rotatable bonds is 3. The molecule has 1 aromatic heterocycles. The third-order valence-electron chi connectivity index (χ3n) is 2.31. The Balaban J connectivity index is 2.48. The van der Waals surface area contributed by atoms with Crippen molar-refractivity contribution in [3.63, 3.8) is 0 Å². The Morgan fingerprint density at radius 2 is 2.06 bits per heavy atom. The molecule has 0 unspecified atom stereocenters. The standard InChI is InChI=1S/C13H13ClN2O/c1-9-6-7-12(17-9)10-4-2-3-5-11(10)16-13(15)8-14/h2-7H,8H2,1H3,(H2,15,16). The van der Waals surface area contributed by atoms with Gasteiger partial charge in [0.15, 0.2) is 0 Å².